The number of carbonyl (C=O) groups is 2. The van der Waals surface area contributed by atoms with E-state index in [1.165, 1.54) is 186 Å². The zero-order chi connectivity index (χ0) is 64.4. The molecule has 0 aromatic rings. The summed E-state index contributed by atoms with van der Waals surface area (Å²) in [4.78, 5) is 35.4. The number of esters is 2. The van der Waals surface area contributed by atoms with Crippen molar-refractivity contribution in [3.63, 3.8) is 0 Å². The monoisotopic (exact) mass is 1260 g/mol. The molecule has 0 radical (unpaired) electrons. The van der Waals surface area contributed by atoms with E-state index in [0.29, 0.717) is 6.42 Å². The van der Waals surface area contributed by atoms with E-state index >= 15 is 0 Å². The Morgan fingerprint density at radius 1 is 0.348 bits per heavy atom. The van der Waals surface area contributed by atoms with Crippen molar-refractivity contribution in [1.29, 1.82) is 0 Å². The second-order valence-corrected chi connectivity index (χ2v) is 25.5. The zero-order valence-electron chi connectivity index (χ0n) is 57.4. The molecule has 0 saturated carbocycles. The second-order valence-electron chi connectivity index (χ2n) is 24.1. The van der Waals surface area contributed by atoms with Gasteiger partial charge in [0.05, 0.1) is 13.2 Å². The van der Waals surface area contributed by atoms with Crippen LogP contribution in [0, 0.1) is 0 Å². The summed E-state index contributed by atoms with van der Waals surface area (Å²) in [6, 6.07) is 0. The summed E-state index contributed by atoms with van der Waals surface area (Å²) < 4.78 is 33.2. The third-order valence-electron chi connectivity index (χ3n) is 15.5. The number of nitrogens with two attached hydrogens (primary N) is 1. The second kappa shape index (κ2) is 73.2. The highest BCUT2D eigenvalue weighted by molar-refractivity contribution is 7.47. The van der Waals surface area contributed by atoms with Gasteiger partial charge in [0.2, 0.25) is 0 Å². The van der Waals surface area contributed by atoms with Crippen LogP contribution in [0.1, 0.15) is 322 Å². The van der Waals surface area contributed by atoms with Crippen molar-refractivity contribution in [2.45, 2.75) is 328 Å². The molecule has 89 heavy (non-hydrogen) atoms. The van der Waals surface area contributed by atoms with Crippen molar-refractivity contribution < 1.29 is 37.6 Å². The maximum atomic E-state index is 12.8. The van der Waals surface area contributed by atoms with Crippen LogP contribution in [0.15, 0.2) is 134 Å². The van der Waals surface area contributed by atoms with E-state index in [1.807, 2.05) is 0 Å². The number of hydrogen-bond donors (Lipinski definition) is 2. The maximum Gasteiger partial charge on any atom is 0.472 e. The van der Waals surface area contributed by atoms with Crippen LogP contribution in [0.2, 0.25) is 0 Å². The number of carbonyl (C=O) groups excluding carboxylic acids is 2. The van der Waals surface area contributed by atoms with Crippen LogP contribution in [0.25, 0.3) is 0 Å². The summed E-state index contributed by atoms with van der Waals surface area (Å²) in [6.45, 7) is 3.64. The first kappa shape index (κ1) is 85.2. The molecule has 0 aliphatic rings. The molecule has 0 aromatic carbocycles. The zero-order valence-corrected chi connectivity index (χ0v) is 58.3. The first-order valence-corrected chi connectivity index (χ1v) is 38.2. The van der Waals surface area contributed by atoms with Crippen LogP contribution in [-0.4, -0.2) is 49.3 Å². The first-order valence-electron chi connectivity index (χ1n) is 36.7. The topological polar surface area (TPSA) is 134 Å². The number of hydrogen-bond acceptors (Lipinski definition) is 8. The van der Waals surface area contributed by atoms with Gasteiger partial charge in [0.15, 0.2) is 6.10 Å². The Labute approximate surface area is 548 Å². The molecule has 2 unspecified atom stereocenters. The molecule has 0 aromatic heterocycles. The van der Waals surface area contributed by atoms with Gasteiger partial charge in [-0.1, -0.05) is 327 Å². The SMILES string of the molecule is CC/C=C\C/C=C\C/C=C\C/C=C\C/C=C\C/C=C\C/C=C\C/C=C\CCCCCCCCCCCCCCC(=O)OC(COC(=O)CCCCCCCCCCCCCCCCCC/C=C\C/C=C\C/C=C\CCCCCCC)COP(=O)(O)OCCN. The van der Waals surface area contributed by atoms with E-state index in [2.05, 4.69) is 148 Å². The molecular weight excluding hydrogens is 1120 g/mol. The molecule has 0 rings (SSSR count). The van der Waals surface area contributed by atoms with Crippen LogP contribution >= 0.6 is 7.82 Å². The fourth-order valence-electron chi connectivity index (χ4n) is 10.1. The highest BCUT2D eigenvalue weighted by Crippen LogP contribution is 2.43. The lowest BCUT2D eigenvalue weighted by Crippen LogP contribution is -2.29. The third-order valence-corrected chi connectivity index (χ3v) is 16.5. The molecule has 0 heterocycles. The third kappa shape index (κ3) is 73.1. The molecule has 0 fully saturated rings. The molecule has 0 aliphatic heterocycles. The lowest BCUT2D eigenvalue weighted by molar-refractivity contribution is -0.161. The van der Waals surface area contributed by atoms with Crippen molar-refractivity contribution in [3.8, 4) is 0 Å². The number of ether oxygens (including phenoxy) is 2. The maximum absolute atomic E-state index is 12.8. The Morgan fingerprint density at radius 2 is 0.618 bits per heavy atom. The molecule has 0 spiro atoms. The standard InChI is InChI=1S/C79H136NO8P/c1-3-5-7-9-11-13-15-17-19-21-23-25-27-29-31-33-35-36-37-38-39-40-42-44-46-48-50-52-54-56-58-60-62-64-66-68-70-72-79(82)88-77(76-87-89(83,84)86-74-73-80)75-85-78(81)71-69-67-65-63-61-59-57-55-53-51-49-47-45-43-41-34-32-30-28-26-24-22-20-18-16-14-12-10-8-6-4-2/h5,7,11,13,16-19,22-25,28-31,35-36,38-39,42,44,77H,3-4,6,8-10,12,14-15,20-21,26-27,32-34,37,40-41,43,45-76,80H2,1-2H3,(H,83,84)/b7-5-,13-11-,18-16-,19-17-,24-22-,25-23-,30-28-,31-29-,36-35-,39-38-,44-42-. The van der Waals surface area contributed by atoms with Gasteiger partial charge < -0.3 is 20.1 Å². The fraction of sp³-hybridized carbons (Fsp3) is 0.696. The summed E-state index contributed by atoms with van der Waals surface area (Å²) in [5.41, 5.74) is 5.41. The molecule has 10 heteroatoms. The summed E-state index contributed by atoms with van der Waals surface area (Å²) in [5, 5.41) is 0. The van der Waals surface area contributed by atoms with Crippen molar-refractivity contribution >= 4 is 19.8 Å². The summed E-state index contributed by atoms with van der Waals surface area (Å²) in [6.07, 6.45) is 104. The molecule has 0 aliphatic carbocycles. The van der Waals surface area contributed by atoms with Crippen LogP contribution in [0.3, 0.4) is 0 Å². The van der Waals surface area contributed by atoms with E-state index in [1.54, 1.807) is 0 Å². The van der Waals surface area contributed by atoms with Gasteiger partial charge >= 0.3 is 19.8 Å². The Balaban J connectivity index is 3.90. The number of phosphoric ester groups is 1. The van der Waals surface area contributed by atoms with Gasteiger partial charge in [-0.25, -0.2) is 4.57 Å². The van der Waals surface area contributed by atoms with Crippen molar-refractivity contribution in [1.82, 2.24) is 0 Å². The minimum absolute atomic E-state index is 0.0487. The van der Waals surface area contributed by atoms with E-state index in [-0.39, 0.29) is 38.6 Å². The number of rotatable bonds is 68. The summed E-state index contributed by atoms with van der Waals surface area (Å²) in [7, 11) is -4.40. The van der Waals surface area contributed by atoms with E-state index in [9.17, 15) is 19.0 Å². The smallest absolute Gasteiger partial charge is 0.462 e. The van der Waals surface area contributed by atoms with Crippen LogP contribution in [0.4, 0.5) is 0 Å². The van der Waals surface area contributed by atoms with Crippen LogP contribution in [-0.2, 0) is 32.7 Å². The number of unbranched alkanes of at least 4 members (excludes halogenated alkanes) is 33. The number of allylic oxidation sites excluding steroid dienone is 22. The van der Waals surface area contributed by atoms with Gasteiger partial charge in [-0.2, -0.15) is 0 Å². The van der Waals surface area contributed by atoms with Crippen molar-refractivity contribution in [2.24, 2.45) is 5.73 Å². The van der Waals surface area contributed by atoms with Gasteiger partial charge in [0.1, 0.15) is 6.61 Å². The van der Waals surface area contributed by atoms with Gasteiger partial charge in [-0.3, -0.25) is 18.6 Å². The Hall–Kier alpha value is -3.85. The molecular formula is C79H136NO8P. The minimum atomic E-state index is -4.40. The average Bonchev–Trinajstić information content (AvgIpc) is 3.68. The van der Waals surface area contributed by atoms with E-state index < -0.39 is 26.5 Å². The largest absolute Gasteiger partial charge is 0.472 e. The van der Waals surface area contributed by atoms with Crippen LogP contribution in [0.5, 0.6) is 0 Å². The average molecular weight is 1260 g/mol. The highest BCUT2D eigenvalue weighted by Gasteiger charge is 2.26. The quantitative estimate of drug-likeness (QED) is 0.0264. The molecule has 0 saturated heterocycles. The molecule has 3 N–H and O–H groups in total. The van der Waals surface area contributed by atoms with Crippen molar-refractivity contribution in [2.75, 3.05) is 26.4 Å². The van der Waals surface area contributed by atoms with Gasteiger partial charge in [-0.15, -0.1) is 0 Å². The lowest BCUT2D eigenvalue weighted by atomic mass is 10.0. The minimum Gasteiger partial charge on any atom is -0.462 e. The normalized spacial score (nSPS) is 13.7. The summed E-state index contributed by atoms with van der Waals surface area (Å²) >= 11 is 0. The number of phosphoric acid groups is 1. The Kier molecular flexibility index (Phi) is 70.0. The molecule has 0 bridgehead atoms. The summed E-state index contributed by atoms with van der Waals surface area (Å²) in [5.74, 6) is -0.826. The van der Waals surface area contributed by atoms with Crippen LogP contribution < -0.4 is 5.73 Å². The molecule has 510 valence electrons. The highest BCUT2D eigenvalue weighted by atomic mass is 31.2. The fourth-order valence-corrected chi connectivity index (χ4v) is 10.9. The molecule has 2 atom stereocenters. The molecule has 0 amide bonds. The molecule has 9 nitrogen and oxygen atoms in total. The predicted molar refractivity (Wildman–Crippen MR) is 385 cm³/mol. The Bertz CT molecular complexity index is 1920. The Morgan fingerprint density at radius 3 is 0.921 bits per heavy atom. The first-order chi connectivity index (χ1) is 43.8. The lowest BCUT2D eigenvalue weighted by Gasteiger charge is -2.19. The van der Waals surface area contributed by atoms with E-state index in [4.69, 9.17) is 24.3 Å². The van der Waals surface area contributed by atoms with Gasteiger partial charge in [0.25, 0.3) is 0 Å². The van der Waals surface area contributed by atoms with Gasteiger partial charge in [0, 0.05) is 19.4 Å². The van der Waals surface area contributed by atoms with Gasteiger partial charge in [-0.05, 0) is 116 Å². The van der Waals surface area contributed by atoms with E-state index in [0.717, 1.165) is 103 Å². The van der Waals surface area contributed by atoms with Crippen molar-refractivity contribution in [3.05, 3.63) is 134 Å². The predicted octanol–water partition coefficient (Wildman–Crippen LogP) is 24.4.